The summed E-state index contributed by atoms with van der Waals surface area (Å²) in [5.41, 5.74) is -0.517. The number of halogens is 5. The van der Waals surface area contributed by atoms with Gasteiger partial charge in [-0.05, 0) is 16.8 Å². The molecule has 3 aromatic carbocycles. The second kappa shape index (κ2) is 6.57. The molecule has 12 heteroatoms. The van der Waals surface area contributed by atoms with Gasteiger partial charge in [-0.1, -0.05) is 30.3 Å². The molecule has 0 atom stereocenters. The molecule has 3 aromatic rings. The van der Waals surface area contributed by atoms with Gasteiger partial charge in [0.15, 0.2) is 28.2 Å². The topological polar surface area (TPSA) is 80.8 Å². The highest BCUT2D eigenvalue weighted by molar-refractivity contribution is 7.86. The van der Waals surface area contributed by atoms with Gasteiger partial charge in [-0.25, -0.2) is 22.0 Å². The molecule has 1 aliphatic rings. The molecular formula is C18H6F5NO5S. The van der Waals surface area contributed by atoms with Gasteiger partial charge in [-0.2, -0.15) is 8.42 Å². The van der Waals surface area contributed by atoms with Gasteiger partial charge >= 0.3 is 10.1 Å². The van der Waals surface area contributed by atoms with Crippen LogP contribution in [0.3, 0.4) is 0 Å². The van der Waals surface area contributed by atoms with Gasteiger partial charge in [-0.3, -0.25) is 9.59 Å². The lowest BCUT2D eigenvalue weighted by Crippen LogP contribution is -2.33. The van der Waals surface area contributed by atoms with Crippen molar-refractivity contribution in [3.05, 3.63) is 76.6 Å². The number of rotatable bonds is 3. The van der Waals surface area contributed by atoms with Crippen molar-refractivity contribution in [2.24, 2.45) is 0 Å². The smallest absolute Gasteiger partial charge is 0.266 e. The average Bonchev–Trinajstić information content (AvgIpc) is 2.95. The number of amides is 2. The first-order valence-corrected chi connectivity index (χ1v) is 9.33. The van der Waals surface area contributed by atoms with E-state index in [0.29, 0.717) is 5.39 Å². The van der Waals surface area contributed by atoms with Crippen molar-refractivity contribution in [1.82, 2.24) is 5.06 Å². The van der Waals surface area contributed by atoms with E-state index in [0.717, 1.165) is 0 Å². The molecule has 0 radical (unpaired) electrons. The zero-order valence-corrected chi connectivity index (χ0v) is 15.1. The summed E-state index contributed by atoms with van der Waals surface area (Å²) >= 11 is 0. The lowest BCUT2D eigenvalue weighted by atomic mass is 10.0. The van der Waals surface area contributed by atoms with Crippen molar-refractivity contribution in [1.29, 1.82) is 0 Å². The highest BCUT2D eigenvalue weighted by Crippen LogP contribution is 2.33. The Balaban J connectivity index is 1.81. The summed E-state index contributed by atoms with van der Waals surface area (Å²) in [5, 5.41) is 0.458. The van der Waals surface area contributed by atoms with E-state index >= 15 is 0 Å². The molecule has 0 saturated heterocycles. The number of nitrogens with zero attached hydrogens (tertiary/aromatic N) is 1. The predicted molar refractivity (Wildman–Crippen MR) is 89.0 cm³/mol. The summed E-state index contributed by atoms with van der Waals surface area (Å²) in [5.74, 6) is -15.7. The Morgan fingerprint density at radius 3 is 1.93 bits per heavy atom. The van der Waals surface area contributed by atoms with Crippen LogP contribution in [0.15, 0.2) is 41.3 Å². The van der Waals surface area contributed by atoms with Gasteiger partial charge in [-0.15, -0.1) is 9.35 Å². The molecule has 0 N–H and O–H groups in total. The van der Waals surface area contributed by atoms with Crippen molar-refractivity contribution in [2.45, 2.75) is 4.90 Å². The van der Waals surface area contributed by atoms with Crippen LogP contribution in [-0.2, 0) is 14.4 Å². The molecule has 0 fully saturated rings. The average molecular weight is 443 g/mol. The van der Waals surface area contributed by atoms with Crippen LogP contribution in [0.5, 0.6) is 0 Å². The highest BCUT2D eigenvalue weighted by Gasteiger charge is 2.43. The Morgan fingerprint density at radius 1 is 0.733 bits per heavy atom. The van der Waals surface area contributed by atoms with E-state index in [-0.39, 0.29) is 21.6 Å². The van der Waals surface area contributed by atoms with Crippen LogP contribution in [-0.4, -0.2) is 25.3 Å². The number of hydrogen-bond acceptors (Lipinski definition) is 5. The van der Waals surface area contributed by atoms with Gasteiger partial charge in [0.05, 0.1) is 11.1 Å². The molecule has 0 spiro atoms. The van der Waals surface area contributed by atoms with E-state index in [1.165, 1.54) is 24.3 Å². The number of carbonyl (C=O) groups excluding carboxylic acids is 2. The third kappa shape index (κ3) is 2.68. The quantitative estimate of drug-likeness (QED) is 0.268. The van der Waals surface area contributed by atoms with Crippen molar-refractivity contribution < 1.29 is 44.2 Å². The molecule has 154 valence electrons. The van der Waals surface area contributed by atoms with Crippen molar-refractivity contribution in [3.63, 3.8) is 0 Å². The minimum atomic E-state index is -5.82. The number of imide groups is 1. The third-order valence-electron chi connectivity index (χ3n) is 4.33. The fourth-order valence-corrected chi connectivity index (χ4v) is 4.02. The van der Waals surface area contributed by atoms with Gasteiger partial charge in [0.2, 0.25) is 5.82 Å². The Labute approximate surface area is 164 Å². The molecule has 0 aliphatic carbocycles. The van der Waals surface area contributed by atoms with Crippen LogP contribution in [0, 0.1) is 29.1 Å². The first-order valence-electron chi connectivity index (χ1n) is 7.93. The monoisotopic (exact) mass is 443 g/mol. The van der Waals surface area contributed by atoms with Crippen molar-refractivity contribution in [2.75, 3.05) is 0 Å². The summed E-state index contributed by atoms with van der Waals surface area (Å²) in [6, 6.07) is 8.89. The fraction of sp³-hybridized carbons (Fsp3) is 0. The molecule has 0 bridgehead atoms. The summed E-state index contributed by atoms with van der Waals surface area (Å²) < 4.78 is 96.3. The third-order valence-corrected chi connectivity index (χ3v) is 5.54. The lowest BCUT2D eigenvalue weighted by Gasteiger charge is -2.14. The molecule has 2 amide bonds. The highest BCUT2D eigenvalue weighted by atomic mass is 32.2. The summed E-state index contributed by atoms with van der Waals surface area (Å²) in [4.78, 5) is 22.7. The Hall–Kier alpha value is -3.38. The molecular weight excluding hydrogens is 437 g/mol. The van der Waals surface area contributed by atoms with Crippen LogP contribution in [0.2, 0.25) is 0 Å². The molecule has 6 nitrogen and oxygen atoms in total. The zero-order valence-electron chi connectivity index (χ0n) is 14.3. The van der Waals surface area contributed by atoms with Crippen LogP contribution in [0.1, 0.15) is 20.7 Å². The number of hydroxylamine groups is 2. The van der Waals surface area contributed by atoms with E-state index < -0.39 is 55.9 Å². The van der Waals surface area contributed by atoms with Gasteiger partial charge in [0.25, 0.3) is 11.8 Å². The Morgan fingerprint density at radius 2 is 1.30 bits per heavy atom. The van der Waals surface area contributed by atoms with Gasteiger partial charge in [0.1, 0.15) is 0 Å². The van der Waals surface area contributed by atoms with Crippen LogP contribution in [0.25, 0.3) is 10.8 Å². The summed E-state index contributed by atoms with van der Waals surface area (Å²) in [6.45, 7) is 0. The van der Waals surface area contributed by atoms with Gasteiger partial charge in [0, 0.05) is 0 Å². The van der Waals surface area contributed by atoms with Gasteiger partial charge < -0.3 is 0 Å². The Kier molecular flexibility index (Phi) is 4.36. The largest absolute Gasteiger partial charge is 0.324 e. The zero-order chi connectivity index (χ0) is 22.0. The number of carbonyl (C=O) groups is 2. The number of fused-ring (bicyclic) bond motifs is 3. The molecule has 30 heavy (non-hydrogen) atoms. The van der Waals surface area contributed by atoms with E-state index in [9.17, 15) is 40.0 Å². The predicted octanol–water partition coefficient (Wildman–Crippen LogP) is 3.45. The van der Waals surface area contributed by atoms with Crippen molar-refractivity contribution in [3.8, 4) is 0 Å². The van der Waals surface area contributed by atoms with Crippen LogP contribution < -0.4 is 0 Å². The lowest BCUT2D eigenvalue weighted by molar-refractivity contribution is -0.0107. The summed E-state index contributed by atoms with van der Waals surface area (Å²) in [7, 11) is -5.82. The minimum Gasteiger partial charge on any atom is -0.266 e. The maximum Gasteiger partial charge on any atom is 0.324 e. The SMILES string of the molecule is O=C1c2ccc3ccccc3c2C(=O)N1OS(=O)(=O)c1c(F)c(F)c(F)c(F)c1F. The normalized spacial score (nSPS) is 14.0. The molecule has 1 heterocycles. The molecule has 1 aliphatic heterocycles. The molecule has 0 unspecified atom stereocenters. The molecule has 0 saturated carbocycles. The van der Waals surface area contributed by atoms with Crippen LogP contribution in [0.4, 0.5) is 22.0 Å². The maximum atomic E-state index is 13.9. The van der Waals surface area contributed by atoms with E-state index in [1.54, 1.807) is 12.1 Å². The number of hydrogen-bond donors (Lipinski definition) is 0. The second-order valence-electron chi connectivity index (χ2n) is 6.04. The van der Waals surface area contributed by atoms with Crippen LogP contribution >= 0.6 is 0 Å². The van der Waals surface area contributed by atoms with E-state index in [4.69, 9.17) is 0 Å². The summed E-state index contributed by atoms with van der Waals surface area (Å²) in [6.07, 6.45) is 0. The second-order valence-corrected chi connectivity index (χ2v) is 7.51. The molecule has 0 aromatic heterocycles. The van der Waals surface area contributed by atoms with Crippen molar-refractivity contribution >= 4 is 32.7 Å². The van der Waals surface area contributed by atoms with E-state index in [2.05, 4.69) is 4.28 Å². The first kappa shape index (κ1) is 19.9. The first-order chi connectivity index (χ1) is 14.1. The Bertz CT molecular complexity index is 1360. The standard InChI is InChI=1S/C18H6F5NO5S/c19-11-12(20)14(22)16(15(23)13(11)21)30(27,28)29-24-17(25)9-6-5-7-3-1-2-4-8(7)10(9)18(24)26/h1-6H. The fourth-order valence-electron chi connectivity index (χ4n) is 2.99. The minimum absolute atomic E-state index is 0.245. The molecule has 4 rings (SSSR count). The maximum absolute atomic E-state index is 13.9. The van der Waals surface area contributed by atoms with E-state index in [1.807, 2.05) is 0 Å². The number of benzene rings is 3.